The number of fused-ring (bicyclic) bond motifs is 17. The zero-order chi connectivity index (χ0) is 33.9. The summed E-state index contributed by atoms with van der Waals surface area (Å²) in [4.78, 5) is 2.60. The van der Waals surface area contributed by atoms with Crippen molar-refractivity contribution < 1.29 is 0 Å². The van der Waals surface area contributed by atoms with E-state index in [2.05, 4.69) is 175 Å². The molecule has 10 aromatic rings. The first-order valence-corrected chi connectivity index (χ1v) is 19.5. The third kappa shape index (κ3) is 4.05. The van der Waals surface area contributed by atoms with Crippen molar-refractivity contribution in [1.82, 2.24) is 0 Å². The molecule has 0 bridgehead atoms. The molecule has 52 heavy (non-hydrogen) atoms. The maximum absolute atomic E-state index is 2.60. The maximum atomic E-state index is 2.60. The van der Waals surface area contributed by atoms with Crippen molar-refractivity contribution in [1.29, 1.82) is 0 Å². The number of benzene rings is 8. The lowest BCUT2D eigenvalue weighted by Crippen LogP contribution is -2.59. The molecule has 2 aliphatic heterocycles. The van der Waals surface area contributed by atoms with Crippen LogP contribution in [0.1, 0.15) is 0 Å². The Hall–Kier alpha value is -5.94. The number of anilines is 2. The number of hydrogen-bond donors (Lipinski definition) is 0. The summed E-state index contributed by atoms with van der Waals surface area (Å²) in [5.41, 5.74) is 15.4. The number of rotatable bonds is 2. The van der Waals surface area contributed by atoms with Gasteiger partial charge in [-0.3, -0.25) is 0 Å². The van der Waals surface area contributed by atoms with Gasteiger partial charge in [0.25, 0.3) is 0 Å². The molecule has 0 N–H and O–H groups in total. The third-order valence-corrected chi connectivity index (χ3v) is 13.6. The average Bonchev–Trinajstić information content (AvgIpc) is 3.78. The summed E-state index contributed by atoms with van der Waals surface area (Å²) < 4.78 is 5.35. The zero-order valence-corrected chi connectivity index (χ0v) is 29.6. The standard InChI is InChI=1S/C48H28BNS2/c1-5-13-41-33(9-1)34-10-2-6-14-43(34)50-44-22-18-30(32-20-24-48-40(28-32)36-12-4-8-16-46(36)52-48)26-38(44)37-25-29(17-21-42(37)49(41)50)31-19-23-47-39(27-31)35-11-3-7-15-45(35)51-47/h1-28H. The van der Waals surface area contributed by atoms with Gasteiger partial charge in [-0.15, -0.1) is 22.7 Å². The van der Waals surface area contributed by atoms with Crippen molar-refractivity contribution in [3.63, 3.8) is 0 Å². The van der Waals surface area contributed by atoms with Gasteiger partial charge in [0.15, 0.2) is 0 Å². The van der Waals surface area contributed by atoms with Crippen LogP contribution in [0.3, 0.4) is 0 Å². The lowest BCUT2D eigenvalue weighted by Gasteiger charge is -2.43. The zero-order valence-electron chi connectivity index (χ0n) is 28.0. The quantitative estimate of drug-likeness (QED) is 0.163. The van der Waals surface area contributed by atoms with E-state index in [0.29, 0.717) is 0 Å². The second-order valence-electron chi connectivity index (χ2n) is 14.0. The van der Waals surface area contributed by atoms with Crippen LogP contribution in [-0.4, -0.2) is 6.85 Å². The van der Waals surface area contributed by atoms with Gasteiger partial charge < -0.3 is 4.81 Å². The van der Waals surface area contributed by atoms with Gasteiger partial charge in [-0.25, -0.2) is 0 Å². The summed E-state index contributed by atoms with van der Waals surface area (Å²) in [5.74, 6) is 0. The Kier molecular flexibility index (Phi) is 5.96. The average molecular weight is 694 g/mol. The molecule has 2 aliphatic rings. The van der Waals surface area contributed by atoms with Crippen LogP contribution in [0.2, 0.25) is 0 Å². The number of thiophene rings is 2. The second kappa shape index (κ2) is 10.8. The molecule has 4 heterocycles. The van der Waals surface area contributed by atoms with E-state index in [1.807, 2.05) is 22.7 Å². The second-order valence-corrected chi connectivity index (χ2v) is 16.2. The third-order valence-electron chi connectivity index (χ3n) is 11.3. The van der Waals surface area contributed by atoms with Crippen LogP contribution in [0.15, 0.2) is 170 Å². The van der Waals surface area contributed by atoms with E-state index >= 15 is 0 Å². The first kappa shape index (κ1) is 28.7. The van der Waals surface area contributed by atoms with Crippen molar-refractivity contribution in [2.24, 2.45) is 0 Å². The predicted molar refractivity (Wildman–Crippen MR) is 228 cm³/mol. The summed E-state index contributed by atoms with van der Waals surface area (Å²) >= 11 is 3.75. The molecule has 1 nitrogen and oxygen atoms in total. The van der Waals surface area contributed by atoms with Crippen LogP contribution >= 0.6 is 22.7 Å². The Morgan fingerprint density at radius 3 is 1.52 bits per heavy atom. The smallest absolute Gasteiger partial charge is 0.329 e. The van der Waals surface area contributed by atoms with E-state index in [1.54, 1.807) is 0 Å². The van der Waals surface area contributed by atoms with Gasteiger partial charge >= 0.3 is 6.85 Å². The van der Waals surface area contributed by atoms with Crippen molar-refractivity contribution in [3.05, 3.63) is 170 Å². The van der Waals surface area contributed by atoms with Crippen LogP contribution in [0.5, 0.6) is 0 Å². The molecule has 0 radical (unpaired) electrons. The Bertz CT molecular complexity index is 2900. The molecule has 240 valence electrons. The molecular formula is C48H28BNS2. The van der Waals surface area contributed by atoms with E-state index in [1.165, 1.54) is 107 Å². The molecule has 0 saturated heterocycles. The van der Waals surface area contributed by atoms with E-state index in [9.17, 15) is 0 Å². The van der Waals surface area contributed by atoms with E-state index < -0.39 is 0 Å². The highest BCUT2D eigenvalue weighted by molar-refractivity contribution is 7.26. The van der Waals surface area contributed by atoms with E-state index in [4.69, 9.17) is 0 Å². The minimum atomic E-state index is 0.0744. The van der Waals surface area contributed by atoms with Gasteiger partial charge in [-0.1, -0.05) is 109 Å². The first-order chi connectivity index (χ1) is 25.8. The molecule has 4 heteroatoms. The largest absolute Gasteiger partial charge is 0.376 e. The topological polar surface area (TPSA) is 3.24 Å². The molecule has 0 amide bonds. The minimum absolute atomic E-state index is 0.0744. The molecule has 2 aromatic heterocycles. The van der Waals surface area contributed by atoms with Crippen LogP contribution in [0.4, 0.5) is 11.4 Å². The number of para-hydroxylation sites is 1. The molecule has 0 unspecified atom stereocenters. The summed E-state index contributed by atoms with van der Waals surface area (Å²) in [6.45, 7) is 0.0744. The fraction of sp³-hybridized carbons (Fsp3) is 0. The molecule has 12 rings (SSSR count). The SMILES string of the molecule is c1ccc2c(c1)B1c3ccc(-c4ccc5sc6ccccc6c5c4)cc3-c3cc(-c4ccc5sc6ccccc6c5c4)ccc3N1c1ccccc1-2. The van der Waals surface area contributed by atoms with Gasteiger partial charge in [-0.05, 0) is 105 Å². The normalized spacial score (nSPS) is 12.9. The van der Waals surface area contributed by atoms with Crippen LogP contribution in [0, 0.1) is 0 Å². The van der Waals surface area contributed by atoms with Crippen molar-refractivity contribution in [3.8, 4) is 44.5 Å². The van der Waals surface area contributed by atoms with Crippen LogP contribution in [-0.2, 0) is 0 Å². The Morgan fingerprint density at radius 1 is 0.327 bits per heavy atom. The molecule has 0 atom stereocenters. The molecule has 0 spiro atoms. The fourth-order valence-electron chi connectivity index (χ4n) is 8.91. The highest BCUT2D eigenvalue weighted by Gasteiger charge is 2.42. The molecule has 0 fully saturated rings. The Morgan fingerprint density at radius 2 is 0.808 bits per heavy atom. The van der Waals surface area contributed by atoms with Crippen molar-refractivity contribution in [2.45, 2.75) is 0 Å². The predicted octanol–water partition coefficient (Wildman–Crippen LogP) is 12.7. The fourth-order valence-corrected chi connectivity index (χ4v) is 11.1. The summed E-state index contributed by atoms with van der Waals surface area (Å²) in [5, 5.41) is 5.33. The lowest BCUT2D eigenvalue weighted by molar-refractivity contribution is 1.35. The lowest BCUT2D eigenvalue weighted by atomic mass is 9.43. The van der Waals surface area contributed by atoms with Crippen molar-refractivity contribution >= 4 is 92.2 Å². The monoisotopic (exact) mass is 693 g/mol. The highest BCUT2D eigenvalue weighted by atomic mass is 32.1. The first-order valence-electron chi connectivity index (χ1n) is 17.9. The van der Waals surface area contributed by atoms with Gasteiger partial charge in [0.1, 0.15) is 0 Å². The van der Waals surface area contributed by atoms with Crippen LogP contribution in [0.25, 0.3) is 84.9 Å². The summed E-state index contributed by atoms with van der Waals surface area (Å²) in [6, 6.07) is 63.9. The Labute approximate surface area is 309 Å². The van der Waals surface area contributed by atoms with Gasteiger partial charge in [0.05, 0.1) is 0 Å². The number of hydrogen-bond acceptors (Lipinski definition) is 3. The minimum Gasteiger partial charge on any atom is -0.376 e. The van der Waals surface area contributed by atoms with Gasteiger partial charge in [0, 0.05) is 62.8 Å². The summed E-state index contributed by atoms with van der Waals surface area (Å²) in [7, 11) is 0. The summed E-state index contributed by atoms with van der Waals surface area (Å²) in [6.07, 6.45) is 0. The Balaban J connectivity index is 1.10. The van der Waals surface area contributed by atoms with Crippen LogP contribution < -0.4 is 15.7 Å². The highest BCUT2D eigenvalue weighted by Crippen LogP contribution is 2.48. The molecule has 0 saturated carbocycles. The maximum Gasteiger partial charge on any atom is 0.329 e. The van der Waals surface area contributed by atoms with E-state index in [-0.39, 0.29) is 6.85 Å². The molecule has 8 aromatic carbocycles. The van der Waals surface area contributed by atoms with Gasteiger partial charge in [0.2, 0.25) is 0 Å². The molecular weight excluding hydrogens is 665 g/mol. The molecule has 0 aliphatic carbocycles. The van der Waals surface area contributed by atoms with E-state index in [0.717, 1.165) is 0 Å². The van der Waals surface area contributed by atoms with Gasteiger partial charge in [-0.2, -0.15) is 0 Å². The number of nitrogens with zero attached hydrogens (tertiary/aromatic N) is 1. The van der Waals surface area contributed by atoms with Crippen molar-refractivity contribution in [2.75, 3.05) is 4.81 Å².